The second-order valence-corrected chi connectivity index (χ2v) is 14.5. The van der Waals surface area contributed by atoms with Crippen molar-refractivity contribution in [2.24, 2.45) is 18.0 Å². The first-order valence-electron chi connectivity index (χ1n) is 18.5. The number of ether oxygens (including phenoxy) is 2. The van der Waals surface area contributed by atoms with E-state index >= 15 is 0 Å². The van der Waals surface area contributed by atoms with Gasteiger partial charge in [-0.15, -0.1) is 5.10 Å². The van der Waals surface area contributed by atoms with E-state index in [1.54, 1.807) is 7.11 Å². The summed E-state index contributed by atoms with van der Waals surface area (Å²) in [5.74, 6) is 4.07. The van der Waals surface area contributed by atoms with Crippen LogP contribution in [-0.2, 0) is 18.3 Å². The van der Waals surface area contributed by atoms with E-state index in [-0.39, 0.29) is 6.04 Å². The highest BCUT2D eigenvalue weighted by molar-refractivity contribution is 6.20. The number of allylic oxidation sites excluding steroid dienone is 6. The number of hydrogen-bond donors (Lipinski definition) is 1. The number of aromatic nitrogens is 6. The number of nitrogens with zero attached hydrogens (tertiary/aromatic N) is 8. The van der Waals surface area contributed by atoms with Gasteiger partial charge in [0, 0.05) is 85.6 Å². The molecule has 9 rings (SSSR count). The van der Waals surface area contributed by atoms with Crippen LogP contribution in [-0.4, -0.2) is 92.8 Å². The van der Waals surface area contributed by atoms with Gasteiger partial charge in [0.15, 0.2) is 5.82 Å². The minimum Gasteiger partial charge on any atom is -0.480 e. The fourth-order valence-corrected chi connectivity index (χ4v) is 7.57. The molecule has 3 aromatic rings. The highest BCUT2D eigenvalue weighted by Gasteiger charge is 2.41. The van der Waals surface area contributed by atoms with Gasteiger partial charge in [-0.05, 0) is 70.4 Å². The largest absolute Gasteiger partial charge is 0.480 e. The summed E-state index contributed by atoms with van der Waals surface area (Å²) in [6.07, 6.45) is 22.7. The van der Waals surface area contributed by atoms with Crippen LogP contribution in [0, 0.1) is 12.8 Å². The maximum atomic E-state index is 5.51. The van der Waals surface area contributed by atoms with Gasteiger partial charge in [0.05, 0.1) is 50.4 Å². The number of anilines is 1. The van der Waals surface area contributed by atoms with Crippen LogP contribution in [0.3, 0.4) is 0 Å². The van der Waals surface area contributed by atoms with Crippen LogP contribution in [0.25, 0.3) is 17.2 Å². The molecule has 0 spiro atoms. The van der Waals surface area contributed by atoms with E-state index in [9.17, 15) is 0 Å². The third-order valence-electron chi connectivity index (χ3n) is 10.8. The second kappa shape index (κ2) is 13.8. The standard InChI is InChI=1S/C31H39N7O.C8H12N2O/c1-4-23-24(6-5-7-26(23)32-2)28-29(21-10-11-21)36(3)31(34-28)25-18-22-19-38(13-12-37-14-16-39-17-15-37)35-30(22)33-27(25)20-8-9-20;1-6-5-10(7-3-4-7)9-8(6)11-2/h4-7,18-21,27H,8-17H2,1-3H3,(H,33,35);5,7H,3-4H2,1-2H3/b23-4-,32-26?;. The maximum absolute atomic E-state index is 5.51. The quantitative estimate of drug-likeness (QED) is 0.293. The van der Waals surface area contributed by atoms with Crippen molar-refractivity contribution in [3.05, 3.63) is 70.6 Å². The molecule has 4 fully saturated rings. The van der Waals surface area contributed by atoms with Crippen LogP contribution < -0.4 is 10.1 Å². The van der Waals surface area contributed by atoms with Gasteiger partial charge in [0.25, 0.3) is 0 Å². The lowest BCUT2D eigenvalue weighted by Gasteiger charge is -2.26. The lowest BCUT2D eigenvalue weighted by molar-refractivity contribution is 0.0360. The second-order valence-electron chi connectivity index (χ2n) is 14.5. The van der Waals surface area contributed by atoms with Crippen LogP contribution in [0.2, 0.25) is 0 Å². The minimum absolute atomic E-state index is 0.246. The molecule has 6 aliphatic rings. The van der Waals surface area contributed by atoms with Gasteiger partial charge in [-0.2, -0.15) is 5.10 Å². The smallest absolute Gasteiger partial charge is 0.235 e. The molecule has 264 valence electrons. The van der Waals surface area contributed by atoms with E-state index in [1.807, 2.05) is 18.7 Å². The molecule has 0 radical (unpaired) electrons. The molecule has 50 heavy (non-hydrogen) atoms. The fourth-order valence-electron chi connectivity index (χ4n) is 7.57. The van der Waals surface area contributed by atoms with E-state index in [2.05, 4.69) is 86.3 Å². The van der Waals surface area contributed by atoms with Gasteiger partial charge >= 0.3 is 0 Å². The van der Waals surface area contributed by atoms with E-state index in [0.717, 1.165) is 79.4 Å². The molecule has 1 saturated heterocycles. The van der Waals surface area contributed by atoms with E-state index in [1.165, 1.54) is 60.9 Å². The minimum atomic E-state index is 0.246. The Morgan fingerprint density at radius 3 is 2.52 bits per heavy atom. The molecule has 0 amide bonds. The van der Waals surface area contributed by atoms with Gasteiger partial charge in [0.1, 0.15) is 5.82 Å². The summed E-state index contributed by atoms with van der Waals surface area (Å²) < 4.78 is 17.1. The molecule has 1 unspecified atom stereocenters. The van der Waals surface area contributed by atoms with Gasteiger partial charge in [-0.3, -0.25) is 19.3 Å². The first-order chi connectivity index (χ1) is 24.4. The Bertz CT molecular complexity index is 1880. The average Bonchev–Trinajstić information content (AvgIpc) is 4.06. The maximum Gasteiger partial charge on any atom is 0.235 e. The molecular weight excluding hydrogens is 626 g/mol. The number of aryl methyl sites for hydroxylation is 1. The van der Waals surface area contributed by atoms with Crippen LogP contribution in [0.1, 0.15) is 85.7 Å². The molecule has 1 N–H and O–H groups in total. The normalized spacial score (nSPS) is 23.7. The van der Waals surface area contributed by atoms with Crippen LogP contribution >= 0.6 is 0 Å². The molecule has 3 saturated carbocycles. The summed E-state index contributed by atoms with van der Waals surface area (Å²) in [6, 6.07) is 0.896. The van der Waals surface area contributed by atoms with Crippen molar-refractivity contribution in [1.29, 1.82) is 0 Å². The number of nitrogens with one attached hydrogen (secondary N) is 1. The summed E-state index contributed by atoms with van der Waals surface area (Å²) in [5.41, 5.74) is 9.45. The highest BCUT2D eigenvalue weighted by Crippen LogP contribution is 2.48. The van der Waals surface area contributed by atoms with Crippen LogP contribution in [0.4, 0.5) is 5.82 Å². The summed E-state index contributed by atoms with van der Waals surface area (Å²) in [7, 11) is 5.75. The molecule has 3 aromatic heterocycles. The topological polar surface area (TPSA) is 99.6 Å². The lowest BCUT2D eigenvalue weighted by atomic mass is 9.92. The number of hydrogen-bond acceptors (Lipinski definition) is 8. The number of rotatable bonds is 9. The average molecular weight is 678 g/mol. The Kier molecular flexibility index (Phi) is 9.11. The highest BCUT2D eigenvalue weighted by atomic mass is 16.5. The van der Waals surface area contributed by atoms with Crippen molar-refractivity contribution in [2.75, 3.05) is 52.3 Å². The third-order valence-corrected chi connectivity index (χ3v) is 10.8. The molecular formula is C39H51N9O2. The zero-order chi connectivity index (χ0) is 34.4. The number of imidazole rings is 1. The summed E-state index contributed by atoms with van der Waals surface area (Å²) >= 11 is 0. The Balaban J connectivity index is 0.000000279. The van der Waals surface area contributed by atoms with Crippen molar-refractivity contribution >= 4 is 28.8 Å². The molecule has 11 nitrogen and oxygen atoms in total. The Hall–Kier alpha value is -4.22. The Morgan fingerprint density at radius 1 is 1.06 bits per heavy atom. The summed E-state index contributed by atoms with van der Waals surface area (Å²) in [5, 5.41) is 13.1. The first kappa shape index (κ1) is 33.0. The lowest BCUT2D eigenvalue weighted by Crippen LogP contribution is -2.38. The van der Waals surface area contributed by atoms with Gasteiger partial charge < -0.3 is 19.4 Å². The van der Waals surface area contributed by atoms with E-state index in [4.69, 9.17) is 19.6 Å². The molecule has 11 heteroatoms. The molecule has 0 aromatic carbocycles. The van der Waals surface area contributed by atoms with Crippen molar-refractivity contribution < 1.29 is 9.47 Å². The molecule has 4 aliphatic carbocycles. The van der Waals surface area contributed by atoms with Crippen LogP contribution in [0.5, 0.6) is 5.88 Å². The Labute approximate surface area is 295 Å². The third kappa shape index (κ3) is 6.65. The number of aliphatic imine (C=N–C) groups is 1. The van der Waals surface area contributed by atoms with Crippen LogP contribution in [0.15, 0.2) is 47.3 Å². The fraction of sp³-hybridized carbons (Fsp3) is 0.538. The van der Waals surface area contributed by atoms with Gasteiger partial charge in [-0.1, -0.05) is 18.2 Å². The van der Waals surface area contributed by atoms with Gasteiger partial charge in [-0.25, -0.2) is 4.98 Å². The van der Waals surface area contributed by atoms with Gasteiger partial charge in [0.2, 0.25) is 5.88 Å². The number of fused-ring (bicyclic) bond motifs is 1. The van der Waals surface area contributed by atoms with E-state index in [0.29, 0.717) is 17.9 Å². The molecule has 5 heterocycles. The number of morpholine rings is 1. The zero-order valence-corrected chi connectivity index (χ0v) is 30.2. The number of methoxy groups -OCH3 is 1. The summed E-state index contributed by atoms with van der Waals surface area (Å²) in [6.45, 7) is 9.68. The SMILES string of the molecule is C/C=C1/C(c2nc(C3=Cc4cn(CCN5CCOCC5)nc4NC3C3CC3)n(C)c2C2CC2)=CC=CC1=NC.COc1nn(C2CC2)cc1C. The zero-order valence-electron chi connectivity index (χ0n) is 30.2. The molecule has 2 aliphatic heterocycles. The van der Waals surface area contributed by atoms with Crippen molar-refractivity contribution in [3.63, 3.8) is 0 Å². The van der Waals surface area contributed by atoms with Crippen molar-refractivity contribution in [2.45, 2.75) is 76.9 Å². The predicted octanol–water partition coefficient (Wildman–Crippen LogP) is 6.08. The molecule has 1 atom stereocenters. The van der Waals surface area contributed by atoms with Crippen molar-refractivity contribution in [1.82, 2.24) is 34.0 Å². The summed E-state index contributed by atoms with van der Waals surface area (Å²) in [4.78, 5) is 12.4. The van der Waals surface area contributed by atoms with Crippen molar-refractivity contribution in [3.8, 4) is 5.88 Å². The first-order valence-corrected chi connectivity index (χ1v) is 18.5. The molecule has 0 bridgehead atoms. The monoisotopic (exact) mass is 677 g/mol. The Morgan fingerprint density at radius 2 is 1.86 bits per heavy atom. The van der Waals surface area contributed by atoms with E-state index < -0.39 is 0 Å². The predicted molar refractivity (Wildman–Crippen MR) is 199 cm³/mol.